The molecule has 0 aliphatic heterocycles. The van der Waals surface area contributed by atoms with Gasteiger partial charge in [-0.1, -0.05) is 36.4 Å². The lowest BCUT2D eigenvalue weighted by Crippen LogP contribution is -2.21. The molecule has 2 rings (SSSR count). The Morgan fingerprint density at radius 2 is 1.63 bits per heavy atom. The van der Waals surface area contributed by atoms with Crippen molar-refractivity contribution >= 4 is 5.69 Å². The summed E-state index contributed by atoms with van der Waals surface area (Å²) in [5, 5.41) is 0. The highest BCUT2D eigenvalue weighted by molar-refractivity contribution is 5.46. The number of hydrogen-bond donors (Lipinski definition) is 1. The van der Waals surface area contributed by atoms with E-state index in [1.807, 2.05) is 43.4 Å². The van der Waals surface area contributed by atoms with E-state index in [2.05, 4.69) is 4.90 Å². The van der Waals surface area contributed by atoms with E-state index in [-0.39, 0.29) is 5.82 Å². The molecule has 0 atom stereocenters. The third-order valence-electron chi connectivity index (χ3n) is 3.22. The Bertz CT molecular complexity index is 540. The highest BCUT2D eigenvalue weighted by Gasteiger charge is 2.06. The topological polar surface area (TPSA) is 29.3 Å². The van der Waals surface area contributed by atoms with E-state index in [0.717, 1.165) is 29.8 Å². The molecule has 2 nitrogen and oxygen atoms in total. The number of likely N-dealkylation sites (N-methyl/N-ethyl adjacent to an activating group) is 1. The predicted octanol–water partition coefficient (Wildman–Crippen LogP) is 3.08. The summed E-state index contributed by atoms with van der Waals surface area (Å²) in [6.45, 7) is 1.46. The van der Waals surface area contributed by atoms with Crippen molar-refractivity contribution in [3.63, 3.8) is 0 Å². The first-order chi connectivity index (χ1) is 9.16. The lowest BCUT2D eigenvalue weighted by molar-refractivity contribution is 0.325. The average Bonchev–Trinajstić information content (AvgIpc) is 2.40. The summed E-state index contributed by atoms with van der Waals surface area (Å²) in [5.74, 6) is -0.145. The van der Waals surface area contributed by atoms with E-state index in [0.29, 0.717) is 6.54 Å². The summed E-state index contributed by atoms with van der Waals surface area (Å²) in [7, 11) is 1.99. The van der Waals surface area contributed by atoms with Crippen LogP contribution in [0.1, 0.15) is 11.1 Å². The van der Waals surface area contributed by atoms with Gasteiger partial charge in [-0.25, -0.2) is 4.39 Å². The van der Waals surface area contributed by atoms with Crippen molar-refractivity contribution < 1.29 is 4.39 Å². The van der Waals surface area contributed by atoms with Gasteiger partial charge in [-0.2, -0.15) is 0 Å². The van der Waals surface area contributed by atoms with Crippen LogP contribution < -0.4 is 5.73 Å². The number of nitrogen functional groups attached to an aromatic ring is 1. The number of anilines is 1. The summed E-state index contributed by atoms with van der Waals surface area (Å²) in [4.78, 5) is 2.10. The number of para-hydroxylation sites is 1. The normalized spacial score (nSPS) is 10.9. The minimum atomic E-state index is -0.145. The van der Waals surface area contributed by atoms with Gasteiger partial charge < -0.3 is 10.6 Å². The van der Waals surface area contributed by atoms with Crippen molar-refractivity contribution in [3.8, 4) is 0 Å². The summed E-state index contributed by atoms with van der Waals surface area (Å²) in [5.41, 5.74) is 8.60. The first-order valence-electron chi connectivity index (χ1n) is 6.42. The van der Waals surface area contributed by atoms with Gasteiger partial charge in [-0.3, -0.25) is 0 Å². The smallest absolute Gasteiger partial charge is 0.127 e. The second kappa shape index (κ2) is 6.34. The predicted molar refractivity (Wildman–Crippen MR) is 77.3 cm³/mol. The van der Waals surface area contributed by atoms with Gasteiger partial charge in [-0.15, -0.1) is 0 Å². The van der Waals surface area contributed by atoms with Crippen LogP contribution in [0.25, 0.3) is 0 Å². The molecule has 2 aromatic carbocycles. The van der Waals surface area contributed by atoms with E-state index >= 15 is 0 Å². The number of nitrogens with zero attached hydrogens (tertiary/aromatic N) is 1. The van der Waals surface area contributed by atoms with E-state index < -0.39 is 0 Å². The second-order valence-corrected chi connectivity index (χ2v) is 4.78. The fraction of sp³-hybridized carbons (Fsp3) is 0.250. The maximum absolute atomic E-state index is 13.5. The third-order valence-corrected chi connectivity index (χ3v) is 3.22. The number of hydrogen-bond acceptors (Lipinski definition) is 2. The quantitative estimate of drug-likeness (QED) is 0.835. The minimum Gasteiger partial charge on any atom is -0.399 e. The minimum absolute atomic E-state index is 0.145. The third kappa shape index (κ3) is 3.80. The van der Waals surface area contributed by atoms with Crippen molar-refractivity contribution in [3.05, 3.63) is 65.5 Å². The molecule has 0 bridgehead atoms. The van der Waals surface area contributed by atoms with Crippen LogP contribution in [0, 0.1) is 5.82 Å². The second-order valence-electron chi connectivity index (χ2n) is 4.78. The molecule has 0 unspecified atom stereocenters. The standard InChI is InChI=1S/C16H19FN2/c1-19(12-14-7-2-4-8-15(14)17)11-10-13-6-3-5-9-16(13)18/h2-9H,10-12,18H2,1H3. The molecule has 0 spiro atoms. The van der Waals surface area contributed by atoms with Crippen molar-refractivity contribution in [2.24, 2.45) is 0 Å². The molecule has 0 fully saturated rings. The van der Waals surface area contributed by atoms with Crippen LogP contribution in [-0.4, -0.2) is 18.5 Å². The number of benzene rings is 2. The maximum Gasteiger partial charge on any atom is 0.127 e. The lowest BCUT2D eigenvalue weighted by atomic mass is 10.1. The summed E-state index contributed by atoms with van der Waals surface area (Å²) < 4.78 is 13.5. The van der Waals surface area contributed by atoms with Gasteiger partial charge in [0.1, 0.15) is 5.82 Å². The molecule has 0 radical (unpaired) electrons. The van der Waals surface area contributed by atoms with Crippen LogP contribution in [-0.2, 0) is 13.0 Å². The Kier molecular flexibility index (Phi) is 4.53. The number of nitrogens with two attached hydrogens (primary N) is 1. The Hall–Kier alpha value is -1.87. The van der Waals surface area contributed by atoms with E-state index in [9.17, 15) is 4.39 Å². The van der Waals surface area contributed by atoms with Crippen molar-refractivity contribution in [1.29, 1.82) is 0 Å². The Balaban J connectivity index is 1.90. The molecule has 0 saturated heterocycles. The van der Waals surface area contributed by atoms with Crippen LogP contribution in [0.2, 0.25) is 0 Å². The summed E-state index contributed by atoms with van der Waals surface area (Å²) >= 11 is 0. The van der Waals surface area contributed by atoms with E-state index in [1.165, 1.54) is 6.07 Å². The van der Waals surface area contributed by atoms with Gasteiger partial charge in [0, 0.05) is 24.3 Å². The Labute approximate surface area is 113 Å². The fourth-order valence-electron chi connectivity index (χ4n) is 2.07. The van der Waals surface area contributed by atoms with Crippen LogP contribution in [0.5, 0.6) is 0 Å². The van der Waals surface area contributed by atoms with Gasteiger partial charge in [0.25, 0.3) is 0 Å². The molecule has 0 aliphatic rings. The molecular formula is C16H19FN2. The zero-order valence-corrected chi connectivity index (χ0v) is 11.1. The summed E-state index contributed by atoms with van der Waals surface area (Å²) in [6.07, 6.45) is 0.873. The number of rotatable bonds is 5. The van der Waals surface area contributed by atoms with Crippen molar-refractivity contribution in [2.45, 2.75) is 13.0 Å². The van der Waals surface area contributed by atoms with Crippen LogP contribution in [0.3, 0.4) is 0 Å². The number of halogens is 1. The first-order valence-corrected chi connectivity index (χ1v) is 6.42. The molecular weight excluding hydrogens is 239 g/mol. The molecule has 0 amide bonds. The van der Waals surface area contributed by atoms with Gasteiger partial charge in [0.2, 0.25) is 0 Å². The van der Waals surface area contributed by atoms with E-state index in [1.54, 1.807) is 6.07 Å². The monoisotopic (exact) mass is 258 g/mol. The molecule has 2 aromatic rings. The van der Waals surface area contributed by atoms with Crippen LogP contribution in [0.15, 0.2) is 48.5 Å². The van der Waals surface area contributed by atoms with Gasteiger partial charge in [-0.05, 0) is 31.2 Å². The molecule has 100 valence electrons. The molecule has 0 aliphatic carbocycles. The molecule has 19 heavy (non-hydrogen) atoms. The van der Waals surface area contributed by atoms with Crippen molar-refractivity contribution in [1.82, 2.24) is 4.90 Å². The molecule has 0 saturated carbocycles. The largest absolute Gasteiger partial charge is 0.399 e. The zero-order chi connectivity index (χ0) is 13.7. The fourth-order valence-corrected chi connectivity index (χ4v) is 2.07. The van der Waals surface area contributed by atoms with E-state index in [4.69, 9.17) is 5.73 Å². The maximum atomic E-state index is 13.5. The van der Waals surface area contributed by atoms with Gasteiger partial charge in [0.15, 0.2) is 0 Å². The molecule has 0 heterocycles. The average molecular weight is 258 g/mol. The Morgan fingerprint density at radius 3 is 2.32 bits per heavy atom. The highest BCUT2D eigenvalue weighted by Crippen LogP contribution is 2.13. The first kappa shape index (κ1) is 13.6. The van der Waals surface area contributed by atoms with Crippen LogP contribution in [0.4, 0.5) is 10.1 Å². The lowest BCUT2D eigenvalue weighted by Gasteiger charge is -2.17. The van der Waals surface area contributed by atoms with Crippen LogP contribution >= 0.6 is 0 Å². The molecule has 0 aromatic heterocycles. The molecule has 3 heteroatoms. The van der Waals surface area contributed by atoms with Crippen molar-refractivity contribution in [2.75, 3.05) is 19.3 Å². The highest BCUT2D eigenvalue weighted by atomic mass is 19.1. The van der Waals surface area contributed by atoms with Gasteiger partial charge in [0.05, 0.1) is 0 Å². The zero-order valence-electron chi connectivity index (χ0n) is 11.1. The Morgan fingerprint density at radius 1 is 1.00 bits per heavy atom. The SMILES string of the molecule is CN(CCc1ccccc1N)Cc1ccccc1F. The van der Waals surface area contributed by atoms with Gasteiger partial charge >= 0.3 is 0 Å². The molecule has 2 N–H and O–H groups in total. The summed E-state index contributed by atoms with van der Waals surface area (Å²) in [6, 6.07) is 14.8.